The highest BCUT2D eigenvalue weighted by Crippen LogP contribution is 2.29. The van der Waals surface area contributed by atoms with Gasteiger partial charge < -0.3 is 16.2 Å². The van der Waals surface area contributed by atoms with Gasteiger partial charge in [0.15, 0.2) is 0 Å². The normalized spacial score (nSPS) is 10.4. The summed E-state index contributed by atoms with van der Waals surface area (Å²) in [5.74, 6) is -0.989. The molecule has 0 saturated heterocycles. The van der Waals surface area contributed by atoms with Gasteiger partial charge in [0.05, 0.1) is 11.3 Å². The van der Waals surface area contributed by atoms with Gasteiger partial charge >= 0.3 is 5.97 Å². The van der Waals surface area contributed by atoms with E-state index in [0.29, 0.717) is 11.4 Å². The van der Waals surface area contributed by atoms with Crippen molar-refractivity contribution in [1.29, 1.82) is 0 Å². The molecule has 0 aliphatic rings. The first-order valence-electron chi connectivity index (χ1n) is 7.07. The fourth-order valence-corrected chi connectivity index (χ4v) is 2.39. The minimum absolute atomic E-state index is 0.183. The van der Waals surface area contributed by atoms with Crippen molar-refractivity contribution in [3.63, 3.8) is 0 Å². The second-order valence-corrected chi connectivity index (χ2v) is 4.89. The summed E-state index contributed by atoms with van der Waals surface area (Å²) in [5.41, 5.74) is 10.2. The van der Waals surface area contributed by atoms with Crippen LogP contribution in [-0.4, -0.2) is 11.1 Å². The van der Waals surface area contributed by atoms with Gasteiger partial charge in [0.2, 0.25) is 0 Å². The zero-order chi connectivity index (χ0) is 15.4. The highest BCUT2D eigenvalue weighted by Gasteiger charge is 2.13. The number of hydrogen-bond acceptors (Lipinski definition) is 3. The van der Waals surface area contributed by atoms with Gasteiger partial charge in [0.1, 0.15) is 0 Å². The Kier molecular flexibility index (Phi) is 4.48. The van der Waals surface area contributed by atoms with Gasteiger partial charge in [-0.15, -0.1) is 0 Å². The molecular weight excluding hydrogens is 264 g/mol. The molecule has 0 aliphatic heterocycles. The Hall–Kier alpha value is -2.49. The van der Waals surface area contributed by atoms with Crippen LogP contribution in [0.1, 0.15) is 35.3 Å². The smallest absolute Gasteiger partial charge is 0.337 e. The number of nitrogens with two attached hydrogens (primary N) is 1. The molecule has 0 unspecified atom stereocenters. The molecule has 0 atom stereocenters. The minimum atomic E-state index is -0.989. The molecule has 110 valence electrons. The minimum Gasteiger partial charge on any atom is -0.478 e. The van der Waals surface area contributed by atoms with Crippen LogP contribution in [0.4, 0.5) is 17.1 Å². The van der Waals surface area contributed by atoms with Crippen LogP contribution in [0.15, 0.2) is 36.4 Å². The largest absolute Gasteiger partial charge is 0.478 e. The molecule has 4 nitrogen and oxygen atoms in total. The van der Waals surface area contributed by atoms with Crippen LogP contribution in [0.3, 0.4) is 0 Å². The first kappa shape index (κ1) is 14.9. The lowest BCUT2D eigenvalue weighted by Gasteiger charge is -2.17. The topological polar surface area (TPSA) is 75.3 Å². The van der Waals surface area contributed by atoms with E-state index >= 15 is 0 Å². The van der Waals surface area contributed by atoms with Crippen LogP contribution in [0, 0.1) is 0 Å². The van der Waals surface area contributed by atoms with Crippen molar-refractivity contribution in [2.75, 3.05) is 11.1 Å². The highest BCUT2D eigenvalue weighted by atomic mass is 16.4. The third kappa shape index (κ3) is 3.16. The molecule has 2 aromatic rings. The van der Waals surface area contributed by atoms with Crippen molar-refractivity contribution < 1.29 is 9.90 Å². The molecule has 0 fully saturated rings. The molecule has 0 heterocycles. The molecule has 2 aromatic carbocycles. The number of rotatable bonds is 5. The molecule has 0 saturated carbocycles. The fraction of sp³-hybridized carbons (Fsp3) is 0.235. The van der Waals surface area contributed by atoms with Gasteiger partial charge in [-0.2, -0.15) is 0 Å². The number of carboxylic acid groups (broad SMARTS) is 1. The van der Waals surface area contributed by atoms with Gasteiger partial charge in [-0.3, -0.25) is 0 Å². The van der Waals surface area contributed by atoms with Crippen molar-refractivity contribution in [3.05, 3.63) is 53.1 Å². The van der Waals surface area contributed by atoms with Crippen molar-refractivity contribution in [2.45, 2.75) is 26.7 Å². The molecule has 4 N–H and O–H groups in total. The zero-order valence-corrected chi connectivity index (χ0v) is 12.3. The van der Waals surface area contributed by atoms with Crippen LogP contribution in [0.25, 0.3) is 0 Å². The van der Waals surface area contributed by atoms with Crippen molar-refractivity contribution in [3.8, 4) is 0 Å². The van der Waals surface area contributed by atoms with Crippen LogP contribution >= 0.6 is 0 Å². The average molecular weight is 284 g/mol. The van der Waals surface area contributed by atoms with Crippen LogP contribution in [0.5, 0.6) is 0 Å². The highest BCUT2D eigenvalue weighted by molar-refractivity contribution is 5.96. The quantitative estimate of drug-likeness (QED) is 0.729. The van der Waals surface area contributed by atoms with Gasteiger partial charge in [0, 0.05) is 11.4 Å². The molecule has 2 rings (SSSR count). The van der Waals surface area contributed by atoms with E-state index < -0.39 is 5.97 Å². The lowest BCUT2D eigenvalue weighted by atomic mass is 10.0. The standard InChI is InChI=1S/C17H20N2O2/c1-3-11-6-5-7-12(4-2)16(11)19-15-9-8-13(18)10-14(15)17(20)21/h5-10,19H,3-4,18H2,1-2H3,(H,20,21). The maximum Gasteiger partial charge on any atom is 0.337 e. The Morgan fingerprint density at radius 2 is 1.76 bits per heavy atom. The van der Waals surface area contributed by atoms with E-state index in [4.69, 9.17) is 5.73 Å². The van der Waals surface area contributed by atoms with Crippen LogP contribution in [0.2, 0.25) is 0 Å². The Morgan fingerprint density at radius 3 is 2.29 bits per heavy atom. The molecule has 0 radical (unpaired) electrons. The summed E-state index contributed by atoms with van der Waals surface area (Å²) in [5, 5.41) is 12.6. The Bertz CT molecular complexity index is 644. The van der Waals surface area contributed by atoms with Crippen molar-refractivity contribution >= 4 is 23.0 Å². The molecule has 21 heavy (non-hydrogen) atoms. The third-order valence-corrected chi connectivity index (χ3v) is 3.53. The first-order chi connectivity index (χ1) is 10.1. The molecule has 0 aromatic heterocycles. The number of nitrogens with one attached hydrogen (secondary N) is 1. The number of para-hydroxylation sites is 1. The summed E-state index contributed by atoms with van der Waals surface area (Å²) in [6.45, 7) is 4.17. The summed E-state index contributed by atoms with van der Waals surface area (Å²) >= 11 is 0. The van der Waals surface area contributed by atoms with E-state index in [1.165, 1.54) is 17.2 Å². The summed E-state index contributed by atoms with van der Waals surface area (Å²) < 4.78 is 0. The molecule has 0 aliphatic carbocycles. The fourth-order valence-electron chi connectivity index (χ4n) is 2.39. The maximum absolute atomic E-state index is 11.4. The number of carbonyl (C=O) groups is 1. The number of aromatic carboxylic acids is 1. The molecule has 0 spiro atoms. The van der Waals surface area contributed by atoms with E-state index in [-0.39, 0.29) is 5.56 Å². The first-order valence-corrected chi connectivity index (χ1v) is 7.07. The molecule has 0 amide bonds. The molecule has 0 bridgehead atoms. The maximum atomic E-state index is 11.4. The summed E-state index contributed by atoms with van der Waals surface area (Å²) in [6.07, 6.45) is 1.76. The monoisotopic (exact) mass is 284 g/mol. The van der Waals surface area contributed by atoms with E-state index in [1.54, 1.807) is 12.1 Å². The summed E-state index contributed by atoms with van der Waals surface area (Å²) in [4.78, 5) is 11.4. The Morgan fingerprint density at radius 1 is 1.14 bits per heavy atom. The van der Waals surface area contributed by atoms with E-state index in [0.717, 1.165) is 18.5 Å². The number of anilines is 3. The van der Waals surface area contributed by atoms with Gasteiger partial charge in [-0.05, 0) is 42.2 Å². The number of aryl methyl sites for hydroxylation is 2. The van der Waals surface area contributed by atoms with Crippen molar-refractivity contribution in [2.24, 2.45) is 0 Å². The lowest BCUT2D eigenvalue weighted by Crippen LogP contribution is -2.06. The lowest BCUT2D eigenvalue weighted by molar-refractivity contribution is 0.0698. The number of carboxylic acids is 1. The van der Waals surface area contributed by atoms with E-state index in [1.807, 2.05) is 6.07 Å². The van der Waals surface area contributed by atoms with Crippen LogP contribution < -0.4 is 11.1 Å². The second kappa shape index (κ2) is 6.31. The summed E-state index contributed by atoms with van der Waals surface area (Å²) in [6, 6.07) is 11.0. The number of nitrogen functional groups attached to an aromatic ring is 1. The summed E-state index contributed by atoms with van der Waals surface area (Å²) in [7, 11) is 0. The van der Waals surface area contributed by atoms with Gasteiger partial charge in [-0.25, -0.2) is 4.79 Å². The van der Waals surface area contributed by atoms with Gasteiger partial charge in [-0.1, -0.05) is 32.0 Å². The van der Waals surface area contributed by atoms with E-state index in [9.17, 15) is 9.90 Å². The Balaban J connectivity index is 2.50. The van der Waals surface area contributed by atoms with Gasteiger partial charge in [0.25, 0.3) is 0 Å². The van der Waals surface area contributed by atoms with Crippen LogP contribution in [-0.2, 0) is 12.8 Å². The SMILES string of the molecule is CCc1cccc(CC)c1Nc1ccc(N)cc1C(=O)O. The average Bonchev–Trinajstić information content (AvgIpc) is 2.48. The third-order valence-electron chi connectivity index (χ3n) is 3.53. The molecule has 4 heteroatoms. The Labute approximate surface area is 124 Å². The second-order valence-electron chi connectivity index (χ2n) is 4.89. The molecular formula is C17H20N2O2. The number of hydrogen-bond donors (Lipinski definition) is 3. The number of benzene rings is 2. The van der Waals surface area contributed by atoms with Crippen molar-refractivity contribution in [1.82, 2.24) is 0 Å². The predicted octanol–water partition coefficient (Wildman–Crippen LogP) is 3.84. The zero-order valence-electron chi connectivity index (χ0n) is 12.3. The predicted molar refractivity (Wildman–Crippen MR) is 86.3 cm³/mol. The van der Waals surface area contributed by atoms with E-state index in [2.05, 4.69) is 31.3 Å².